The molecule has 2 amide bonds. The lowest BCUT2D eigenvalue weighted by Gasteiger charge is -2.18. The van der Waals surface area contributed by atoms with Gasteiger partial charge in [-0.05, 0) is 56.1 Å². The molecule has 2 heterocycles. The standard InChI is InChI=1S/C19H25N5O2S/c1-3-7-16-21-22-19(27)24(16)12-17(25)20-15-9-6-8-14(13(15)2)18(26)23-10-4-5-11-23/h6,8-9H,3-5,7,10-12H2,1-2H3,(H,20,25)(H,22,27). The molecule has 1 aliphatic heterocycles. The molecule has 1 saturated heterocycles. The fourth-order valence-corrected chi connectivity index (χ4v) is 3.57. The van der Waals surface area contributed by atoms with E-state index in [0.29, 0.717) is 16.0 Å². The number of hydrogen-bond donors (Lipinski definition) is 2. The lowest BCUT2D eigenvalue weighted by atomic mass is 10.1. The van der Waals surface area contributed by atoms with E-state index in [9.17, 15) is 9.59 Å². The second-order valence-corrected chi connectivity index (χ2v) is 7.19. The Kier molecular flexibility index (Phi) is 6.05. The number of H-pyrrole nitrogens is 1. The summed E-state index contributed by atoms with van der Waals surface area (Å²) in [4.78, 5) is 27.1. The van der Waals surface area contributed by atoms with Crippen LogP contribution in [-0.2, 0) is 17.8 Å². The summed E-state index contributed by atoms with van der Waals surface area (Å²) in [5, 5.41) is 9.84. The van der Waals surface area contributed by atoms with Crippen LogP contribution in [-0.4, -0.2) is 44.6 Å². The average Bonchev–Trinajstić information content (AvgIpc) is 3.29. The minimum Gasteiger partial charge on any atom is -0.339 e. The number of benzene rings is 1. The molecule has 0 unspecified atom stereocenters. The van der Waals surface area contributed by atoms with E-state index in [-0.39, 0.29) is 18.4 Å². The molecule has 0 aliphatic carbocycles. The molecule has 1 fully saturated rings. The molecule has 0 bridgehead atoms. The van der Waals surface area contributed by atoms with E-state index >= 15 is 0 Å². The highest BCUT2D eigenvalue weighted by Gasteiger charge is 2.22. The highest BCUT2D eigenvalue weighted by Crippen LogP contribution is 2.22. The van der Waals surface area contributed by atoms with E-state index in [2.05, 4.69) is 15.5 Å². The van der Waals surface area contributed by atoms with E-state index in [1.807, 2.05) is 30.9 Å². The van der Waals surface area contributed by atoms with E-state index in [4.69, 9.17) is 12.2 Å². The van der Waals surface area contributed by atoms with Crippen molar-refractivity contribution < 1.29 is 9.59 Å². The second kappa shape index (κ2) is 8.47. The molecule has 0 saturated carbocycles. The van der Waals surface area contributed by atoms with Gasteiger partial charge in [0.05, 0.1) is 0 Å². The summed E-state index contributed by atoms with van der Waals surface area (Å²) in [5.74, 6) is 0.606. The van der Waals surface area contributed by atoms with Crippen molar-refractivity contribution in [1.82, 2.24) is 19.7 Å². The van der Waals surface area contributed by atoms with Gasteiger partial charge in [-0.1, -0.05) is 13.0 Å². The molecule has 0 spiro atoms. The van der Waals surface area contributed by atoms with Gasteiger partial charge in [0.25, 0.3) is 5.91 Å². The maximum absolute atomic E-state index is 12.7. The van der Waals surface area contributed by atoms with E-state index < -0.39 is 0 Å². The molecule has 27 heavy (non-hydrogen) atoms. The maximum Gasteiger partial charge on any atom is 0.254 e. The third-order valence-electron chi connectivity index (χ3n) is 4.84. The van der Waals surface area contributed by atoms with Crippen molar-refractivity contribution in [3.05, 3.63) is 39.9 Å². The van der Waals surface area contributed by atoms with E-state index in [1.165, 1.54) is 0 Å². The van der Waals surface area contributed by atoms with Crippen LogP contribution in [0.15, 0.2) is 18.2 Å². The van der Waals surface area contributed by atoms with E-state index in [1.54, 1.807) is 10.6 Å². The maximum atomic E-state index is 12.7. The molecule has 1 aromatic heterocycles. The Balaban J connectivity index is 1.75. The van der Waals surface area contributed by atoms with Crippen molar-refractivity contribution in [2.45, 2.75) is 46.1 Å². The largest absolute Gasteiger partial charge is 0.339 e. The van der Waals surface area contributed by atoms with Crippen LogP contribution in [0.3, 0.4) is 0 Å². The minimum absolute atomic E-state index is 0.0309. The van der Waals surface area contributed by atoms with Crippen molar-refractivity contribution >= 4 is 29.7 Å². The second-order valence-electron chi connectivity index (χ2n) is 6.81. The summed E-state index contributed by atoms with van der Waals surface area (Å²) in [6.07, 6.45) is 3.76. The van der Waals surface area contributed by atoms with Gasteiger partial charge in [0, 0.05) is 30.8 Å². The van der Waals surface area contributed by atoms with Gasteiger partial charge in [-0.2, -0.15) is 5.10 Å². The van der Waals surface area contributed by atoms with Crippen molar-refractivity contribution in [2.75, 3.05) is 18.4 Å². The molecule has 0 atom stereocenters. The molecule has 8 heteroatoms. The summed E-state index contributed by atoms with van der Waals surface area (Å²) in [5.41, 5.74) is 2.07. The average molecular weight is 388 g/mol. The van der Waals surface area contributed by atoms with Gasteiger partial charge in [0.2, 0.25) is 5.91 Å². The van der Waals surface area contributed by atoms with Gasteiger partial charge in [-0.15, -0.1) is 0 Å². The number of nitrogens with one attached hydrogen (secondary N) is 2. The van der Waals surface area contributed by atoms with Gasteiger partial charge >= 0.3 is 0 Å². The Bertz CT molecular complexity index is 896. The number of carbonyl (C=O) groups is 2. The number of likely N-dealkylation sites (tertiary alicyclic amines) is 1. The van der Waals surface area contributed by atoms with Crippen molar-refractivity contribution in [2.24, 2.45) is 0 Å². The van der Waals surface area contributed by atoms with Crippen LogP contribution in [0, 0.1) is 11.7 Å². The zero-order chi connectivity index (χ0) is 19.4. The normalized spacial score (nSPS) is 13.8. The third kappa shape index (κ3) is 4.27. The summed E-state index contributed by atoms with van der Waals surface area (Å²) in [7, 11) is 0. The molecule has 2 aromatic rings. The molecule has 7 nitrogen and oxygen atoms in total. The Labute approximate surface area is 163 Å². The van der Waals surface area contributed by atoms with Gasteiger partial charge < -0.3 is 10.2 Å². The lowest BCUT2D eigenvalue weighted by Crippen LogP contribution is -2.28. The Morgan fingerprint density at radius 3 is 2.74 bits per heavy atom. The third-order valence-corrected chi connectivity index (χ3v) is 5.16. The van der Waals surface area contributed by atoms with Crippen LogP contribution in [0.4, 0.5) is 5.69 Å². The topological polar surface area (TPSA) is 83.0 Å². The molecule has 1 aromatic carbocycles. The molecular formula is C19H25N5O2S. The quantitative estimate of drug-likeness (QED) is 0.746. The Hall–Kier alpha value is -2.48. The first-order chi connectivity index (χ1) is 13.0. The fraction of sp³-hybridized carbons (Fsp3) is 0.474. The van der Waals surface area contributed by atoms with Crippen LogP contribution in [0.25, 0.3) is 0 Å². The van der Waals surface area contributed by atoms with Crippen LogP contribution < -0.4 is 5.32 Å². The number of nitrogens with zero attached hydrogens (tertiary/aromatic N) is 3. The predicted octanol–water partition coefficient (Wildman–Crippen LogP) is 3.08. The summed E-state index contributed by atoms with van der Waals surface area (Å²) >= 11 is 5.23. The van der Waals surface area contributed by atoms with Gasteiger partial charge in [-0.3, -0.25) is 19.3 Å². The molecule has 1 aliphatic rings. The first kappa shape index (κ1) is 19.3. The molecule has 3 rings (SSSR count). The van der Waals surface area contributed by atoms with Crippen LogP contribution >= 0.6 is 12.2 Å². The van der Waals surface area contributed by atoms with Crippen molar-refractivity contribution in [3.63, 3.8) is 0 Å². The zero-order valence-electron chi connectivity index (χ0n) is 15.7. The van der Waals surface area contributed by atoms with Crippen molar-refractivity contribution in [3.8, 4) is 0 Å². The number of anilines is 1. The number of aryl methyl sites for hydroxylation is 1. The zero-order valence-corrected chi connectivity index (χ0v) is 16.6. The number of rotatable bonds is 6. The Morgan fingerprint density at radius 1 is 1.30 bits per heavy atom. The summed E-state index contributed by atoms with van der Waals surface area (Å²) in [6, 6.07) is 5.44. The van der Waals surface area contributed by atoms with Gasteiger partial charge in [0.15, 0.2) is 4.77 Å². The summed E-state index contributed by atoms with van der Waals surface area (Å²) in [6.45, 7) is 5.61. The van der Waals surface area contributed by atoms with Gasteiger partial charge in [0.1, 0.15) is 12.4 Å². The van der Waals surface area contributed by atoms with Crippen LogP contribution in [0.1, 0.15) is 47.9 Å². The first-order valence-electron chi connectivity index (χ1n) is 9.34. The van der Waals surface area contributed by atoms with Gasteiger partial charge in [-0.25, -0.2) is 0 Å². The smallest absolute Gasteiger partial charge is 0.254 e. The highest BCUT2D eigenvalue weighted by molar-refractivity contribution is 7.71. The van der Waals surface area contributed by atoms with Crippen LogP contribution in [0.2, 0.25) is 0 Å². The predicted molar refractivity (Wildman–Crippen MR) is 106 cm³/mol. The lowest BCUT2D eigenvalue weighted by molar-refractivity contribution is -0.116. The van der Waals surface area contributed by atoms with Crippen molar-refractivity contribution in [1.29, 1.82) is 0 Å². The van der Waals surface area contributed by atoms with E-state index in [0.717, 1.165) is 50.2 Å². The SMILES string of the molecule is CCCc1n[nH]c(=S)n1CC(=O)Nc1cccc(C(=O)N2CCCC2)c1C. The number of aromatic nitrogens is 3. The molecule has 144 valence electrons. The van der Waals surface area contributed by atoms with Crippen LogP contribution in [0.5, 0.6) is 0 Å². The first-order valence-corrected chi connectivity index (χ1v) is 9.75. The molecular weight excluding hydrogens is 362 g/mol. The number of amides is 2. The molecule has 2 N–H and O–H groups in total. The highest BCUT2D eigenvalue weighted by atomic mass is 32.1. The Morgan fingerprint density at radius 2 is 2.04 bits per heavy atom. The number of aromatic amines is 1. The monoisotopic (exact) mass is 387 g/mol. The number of carbonyl (C=O) groups excluding carboxylic acids is 2. The summed E-state index contributed by atoms with van der Waals surface area (Å²) < 4.78 is 2.14. The minimum atomic E-state index is -0.196. The number of hydrogen-bond acceptors (Lipinski definition) is 4. The molecule has 0 radical (unpaired) electrons. The fourth-order valence-electron chi connectivity index (χ4n) is 3.35.